The third-order valence-corrected chi connectivity index (χ3v) is 4.88. The Kier molecular flexibility index (Phi) is 4.67. The fourth-order valence-corrected chi connectivity index (χ4v) is 3.40. The Balaban J connectivity index is 2.07. The van der Waals surface area contributed by atoms with Crippen LogP contribution in [0.2, 0.25) is 0 Å². The predicted molar refractivity (Wildman–Crippen MR) is 78.5 cm³/mol. The van der Waals surface area contributed by atoms with E-state index >= 15 is 0 Å². The second-order valence-corrected chi connectivity index (χ2v) is 6.41. The number of carbonyl (C=O) groups excluding carboxylic acids is 1. The van der Waals surface area contributed by atoms with Crippen molar-refractivity contribution in [2.75, 3.05) is 7.11 Å². The molecular weight excluding hydrogens is 362 g/mol. The lowest BCUT2D eigenvalue weighted by molar-refractivity contribution is 0.0939. The zero-order valence-electron chi connectivity index (χ0n) is 10.1. The maximum absolute atomic E-state index is 12.1. The van der Waals surface area contributed by atoms with Gasteiger partial charge in [-0.1, -0.05) is 22.4 Å². The molecule has 2 atom stereocenters. The van der Waals surface area contributed by atoms with Gasteiger partial charge in [0.25, 0.3) is 5.91 Å². The van der Waals surface area contributed by atoms with E-state index in [0.717, 1.165) is 29.5 Å². The van der Waals surface area contributed by atoms with Gasteiger partial charge < -0.3 is 10.1 Å². The van der Waals surface area contributed by atoms with Crippen LogP contribution in [0.1, 0.15) is 29.6 Å². The topological polar surface area (TPSA) is 38.3 Å². The average molecular weight is 377 g/mol. The first kappa shape index (κ1) is 13.9. The molecule has 1 fully saturated rings. The summed E-state index contributed by atoms with van der Waals surface area (Å²) in [6, 6.07) is 5.58. The number of hydrogen-bond donors (Lipinski definition) is 1. The van der Waals surface area contributed by atoms with Gasteiger partial charge in [-0.05, 0) is 47.0 Å². The van der Waals surface area contributed by atoms with Crippen LogP contribution in [-0.4, -0.2) is 23.9 Å². The minimum atomic E-state index is -0.0327. The van der Waals surface area contributed by atoms with E-state index in [1.165, 1.54) is 0 Å². The summed E-state index contributed by atoms with van der Waals surface area (Å²) in [6.45, 7) is 0. The molecule has 18 heavy (non-hydrogen) atoms. The molecule has 1 aliphatic rings. The molecule has 1 aliphatic carbocycles. The van der Waals surface area contributed by atoms with Crippen molar-refractivity contribution in [1.82, 2.24) is 5.32 Å². The van der Waals surface area contributed by atoms with E-state index in [1.54, 1.807) is 25.3 Å². The van der Waals surface area contributed by atoms with E-state index in [0.29, 0.717) is 10.4 Å². The van der Waals surface area contributed by atoms with Crippen molar-refractivity contribution in [3.8, 4) is 5.75 Å². The summed E-state index contributed by atoms with van der Waals surface area (Å²) >= 11 is 6.98. The van der Waals surface area contributed by atoms with Gasteiger partial charge in [0.2, 0.25) is 0 Å². The lowest BCUT2D eigenvalue weighted by atomic mass is 10.1. The van der Waals surface area contributed by atoms with Crippen LogP contribution < -0.4 is 10.1 Å². The van der Waals surface area contributed by atoms with Gasteiger partial charge >= 0.3 is 0 Å². The van der Waals surface area contributed by atoms with Gasteiger partial charge in [0, 0.05) is 16.4 Å². The van der Waals surface area contributed by atoms with Crippen LogP contribution in [0, 0.1) is 0 Å². The number of nitrogens with one attached hydrogen (secondary N) is 1. The van der Waals surface area contributed by atoms with Crippen LogP contribution in [0.5, 0.6) is 5.75 Å². The highest BCUT2D eigenvalue weighted by Crippen LogP contribution is 2.27. The Labute approximate surface area is 124 Å². The van der Waals surface area contributed by atoms with Crippen LogP contribution in [0.25, 0.3) is 0 Å². The second kappa shape index (κ2) is 6.06. The molecule has 0 saturated heterocycles. The fourth-order valence-electron chi connectivity index (χ4n) is 2.14. The van der Waals surface area contributed by atoms with Gasteiger partial charge in [-0.25, -0.2) is 0 Å². The molecule has 5 heteroatoms. The molecule has 1 saturated carbocycles. The SMILES string of the molecule is COc1ccc(C(=O)NC2CCCC2Br)cc1Br. The first-order valence-electron chi connectivity index (χ1n) is 5.90. The summed E-state index contributed by atoms with van der Waals surface area (Å²) in [5.74, 6) is 0.695. The summed E-state index contributed by atoms with van der Waals surface area (Å²) in [6.07, 6.45) is 3.32. The third kappa shape index (κ3) is 3.06. The Hall–Kier alpha value is -0.550. The van der Waals surface area contributed by atoms with Crippen LogP contribution in [0.3, 0.4) is 0 Å². The Bertz CT molecular complexity index is 451. The van der Waals surface area contributed by atoms with Crippen molar-refractivity contribution in [2.24, 2.45) is 0 Å². The van der Waals surface area contributed by atoms with Crippen molar-refractivity contribution in [2.45, 2.75) is 30.1 Å². The molecule has 0 spiro atoms. The van der Waals surface area contributed by atoms with Gasteiger partial charge in [-0.15, -0.1) is 0 Å². The quantitative estimate of drug-likeness (QED) is 0.820. The second-order valence-electron chi connectivity index (χ2n) is 4.38. The zero-order chi connectivity index (χ0) is 13.1. The molecule has 1 N–H and O–H groups in total. The minimum absolute atomic E-state index is 0.0327. The first-order chi connectivity index (χ1) is 8.61. The van der Waals surface area contributed by atoms with Crippen molar-refractivity contribution >= 4 is 37.8 Å². The first-order valence-corrected chi connectivity index (χ1v) is 7.61. The highest BCUT2D eigenvalue weighted by atomic mass is 79.9. The standard InChI is InChI=1S/C13H15Br2NO2/c1-18-12-6-5-8(7-10(12)15)13(17)16-11-4-2-3-9(11)14/h5-7,9,11H,2-4H2,1H3,(H,16,17). The maximum Gasteiger partial charge on any atom is 0.251 e. The van der Waals surface area contributed by atoms with E-state index in [1.807, 2.05) is 0 Å². The lowest BCUT2D eigenvalue weighted by Crippen LogP contribution is -2.37. The van der Waals surface area contributed by atoms with Gasteiger partial charge in [0.15, 0.2) is 0 Å². The Morgan fingerprint density at radius 1 is 1.44 bits per heavy atom. The smallest absolute Gasteiger partial charge is 0.251 e. The molecule has 0 aliphatic heterocycles. The number of hydrogen-bond acceptors (Lipinski definition) is 2. The number of amides is 1. The number of carbonyl (C=O) groups is 1. The van der Waals surface area contributed by atoms with E-state index in [4.69, 9.17) is 4.74 Å². The molecule has 0 heterocycles. The molecule has 0 bridgehead atoms. The molecule has 2 rings (SSSR count). The van der Waals surface area contributed by atoms with Gasteiger partial charge in [0.1, 0.15) is 5.75 Å². The van der Waals surface area contributed by atoms with Crippen molar-refractivity contribution < 1.29 is 9.53 Å². The Morgan fingerprint density at radius 3 is 2.78 bits per heavy atom. The molecule has 0 aromatic heterocycles. The number of benzene rings is 1. The normalized spacial score (nSPS) is 22.8. The molecule has 1 aromatic rings. The zero-order valence-corrected chi connectivity index (χ0v) is 13.3. The summed E-state index contributed by atoms with van der Waals surface area (Å²) in [5, 5.41) is 3.06. The molecular formula is C13H15Br2NO2. The number of methoxy groups -OCH3 is 1. The van der Waals surface area contributed by atoms with Crippen LogP contribution in [0.15, 0.2) is 22.7 Å². The number of alkyl halides is 1. The highest BCUT2D eigenvalue weighted by molar-refractivity contribution is 9.10. The summed E-state index contributed by atoms with van der Waals surface area (Å²) in [5.41, 5.74) is 0.647. The highest BCUT2D eigenvalue weighted by Gasteiger charge is 2.26. The van der Waals surface area contributed by atoms with E-state index in [2.05, 4.69) is 37.2 Å². The molecule has 98 valence electrons. The minimum Gasteiger partial charge on any atom is -0.496 e. The van der Waals surface area contributed by atoms with Crippen LogP contribution in [-0.2, 0) is 0 Å². The van der Waals surface area contributed by atoms with Gasteiger partial charge in [0.05, 0.1) is 11.6 Å². The number of halogens is 2. The Morgan fingerprint density at radius 2 is 2.22 bits per heavy atom. The maximum atomic E-state index is 12.1. The van der Waals surface area contributed by atoms with Crippen LogP contribution in [0.4, 0.5) is 0 Å². The van der Waals surface area contributed by atoms with Crippen molar-refractivity contribution in [1.29, 1.82) is 0 Å². The van der Waals surface area contributed by atoms with E-state index in [9.17, 15) is 4.79 Å². The molecule has 1 amide bonds. The van der Waals surface area contributed by atoms with Gasteiger partial charge in [-0.3, -0.25) is 4.79 Å². The summed E-state index contributed by atoms with van der Waals surface area (Å²) < 4.78 is 5.94. The number of rotatable bonds is 3. The van der Waals surface area contributed by atoms with Crippen LogP contribution >= 0.6 is 31.9 Å². The summed E-state index contributed by atoms with van der Waals surface area (Å²) in [7, 11) is 1.60. The fraction of sp³-hybridized carbons (Fsp3) is 0.462. The largest absolute Gasteiger partial charge is 0.496 e. The van der Waals surface area contributed by atoms with E-state index < -0.39 is 0 Å². The molecule has 3 nitrogen and oxygen atoms in total. The average Bonchev–Trinajstić information content (AvgIpc) is 2.75. The predicted octanol–water partition coefficient (Wildman–Crippen LogP) is 3.50. The molecule has 0 radical (unpaired) electrons. The molecule has 2 unspecified atom stereocenters. The van der Waals surface area contributed by atoms with Crippen molar-refractivity contribution in [3.63, 3.8) is 0 Å². The van der Waals surface area contributed by atoms with Gasteiger partial charge in [-0.2, -0.15) is 0 Å². The van der Waals surface area contributed by atoms with Crippen molar-refractivity contribution in [3.05, 3.63) is 28.2 Å². The summed E-state index contributed by atoms with van der Waals surface area (Å²) in [4.78, 5) is 12.5. The van der Waals surface area contributed by atoms with E-state index in [-0.39, 0.29) is 11.9 Å². The molecule has 1 aromatic carbocycles. The monoisotopic (exact) mass is 375 g/mol. The lowest BCUT2D eigenvalue weighted by Gasteiger charge is -2.16. The third-order valence-electron chi connectivity index (χ3n) is 3.16. The number of ether oxygens (including phenoxy) is 1.